The van der Waals surface area contributed by atoms with E-state index in [-0.39, 0.29) is 11.6 Å². The zero-order valence-corrected chi connectivity index (χ0v) is 14.9. The number of hydrogen-bond acceptors (Lipinski definition) is 4. The Balaban J connectivity index is 2.13. The van der Waals surface area contributed by atoms with Crippen molar-refractivity contribution in [2.24, 2.45) is 0 Å². The molecule has 0 aliphatic carbocycles. The van der Waals surface area contributed by atoms with Crippen molar-refractivity contribution in [1.82, 2.24) is 0 Å². The maximum absolute atomic E-state index is 12.3. The van der Waals surface area contributed by atoms with E-state index < -0.39 is 4.92 Å². The molecule has 25 heavy (non-hydrogen) atoms. The summed E-state index contributed by atoms with van der Waals surface area (Å²) in [5.41, 5.74) is 2.65. The van der Waals surface area contributed by atoms with Crippen LogP contribution in [0.3, 0.4) is 0 Å². The van der Waals surface area contributed by atoms with Crippen LogP contribution in [0, 0.1) is 17.0 Å². The van der Waals surface area contributed by atoms with Crippen LogP contribution >= 0.6 is 0 Å². The monoisotopic (exact) mass is 341 g/mol. The van der Waals surface area contributed by atoms with Gasteiger partial charge in [0.1, 0.15) is 0 Å². The van der Waals surface area contributed by atoms with Crippen molar-refractivity contribution in [2.75, 3.05) is 16.8 Å². The van der Waals surface area contributed by atoms with Gasteiger partial charge in [-0.1, -0.05) is 0 Å². The molecule has 1 N–H and O–H groups in total. The molecule has 0 aromatic heterocycles. The molecule has 0 radical (unpaired) electrons. The fourth-order valence-corrected chi connectivity index (χ4v) is 2.79. The van der Waals surface area contributed by atoms with E-state index in [0.29, 0.717) is 22.9 Å². The Morgan fingerprint density at radius 1 is 1.20 bits per heavy atom. The summed E-state index contributed by atoms with van der Waals surface area (Å²) in [6, 6.07) is 12.4. The van der Waals surface area contributed by atoms with Crippen molar-refractivity contribution in [3.63, 3.8) is 0 Å². The number of aryl methyl sites for hydroxylation is 1. The van der Waals surface area contributed by atoms with Crippen LogP contribution in [0.15, 0.2) is 42.5 Å². The Hall–Kier alpha value is -2.89. The van der Waals surface area contributed by atoms with E-state index in [1.165, 1.54) is 18.2 Å². The number of carbonyl (C=O) groups excluding carboxylic acids is 1. The van der Waals surface area contributed by atoms with E-state index in [4.69, 9.17) is 0 Å². The molecule has 2 rings (SSSR count). The van der Waals surface area contributed by atoms with Crippen LogP contribution in [0.5, 0.6) is 0 Å². The highest BCUT2D eigenvalue weighted by Crippen LogP contribution is 2.22. The quantitative estimate of drug-likeness (QED) is 0.624. The molecule has 6 heteroatoms. The van der Waals surface area contributed by atoms with E-state index in [1.54, 1.807) is 6.92 Å². The molecule has 2 aromatic rings. The highest BCUT2D eigenvalue weighted by molar-refractivity contribution is 6.04. The number of rotatable bonds is 6. The van der Waals surface area contributed by atoms with Crippen molar-refractivity contribution in [2.45, 2.75) is 33.7 Å². The summed E-state index contributed by atoms with van der Waals surface area (Å²) < 4.78 is 0. The number of nitro benzene ring substituents is 1. The first-order chi connectivity index (χ1) is 11.8. The molecule has 0 fully saturated rings. The molecule has 1 amide bonds. The minimum atomic E-state index is -0.454. The molecule has 0 unspecified atom stereocenters. The Morgan fingerprint density at radius 3 is 2.32 bits per heavy atom. The maximum atomic E-state index is 12.3. The predicted octanol–water partition coefficient (Wildman–Crippen LogP) is 4.39. The first kappa shape index (κ1) is 18.4. The third kappa shape index (κ3) is 4.35. The predicted molar refractivity (Wildman–Crippen MR) is 100 cm³/mol. The van der Waals surface area contributed by atoms with Crippen LogP contribution in [0.1, 0.15) is 36.7 Å². The van der Waals surface area contributed by atoms with Crippen molar-refractivity contribution in [1.29, 1.82) is 0 Å². The van der Waals surface area contributed by atoms with Gasteiger partial charge in [-0.05, 0) is 64.1 Å². The summed E-state index contributed by atoms with van der Waals surface area (Å²) in [7, 11) is 0. The van der Waals surface area contributed by atoms with Gasteiger partial charge in [0.15, 0.2) is 0 Å². The third-order valence-corrected chi connectivity index (χ3v) is 4.08. The Bertz CT molecular complexity index is 770. The van der Waals surface area contributed by atoms with E-state index in [1.807, 2.05) is 24.3 Å². The van der Waals surface area contributed by atoms with E-state index >= 15 is 0 Å². The van der Waals surface area contributed by atoms with Gasteiger partial charge in [-0.15, -0.1) is 0 Å². The topological polar surface area (TPSA) is 75.5 Å². The van der Waals surface area contributed by atoms with Gasteiger partial charge in [-0.3, -0.25) is 14.9 Å². The van der Waals surface area contributed by atoms with Crippen LogP contribution in [0.25, 0.3) is 0 Å². The van der Waals surface area contributed by atoms with Gasteiger partial charge in [-0.2, -0.15) is 0 Å². The van der Waals surface area contributed by atoms with Crippen LogP contribution in [-0.4, -0.2) is 23.4 Å². The highest BCUT2D eigenvalue weighted by atomic mass is 16.6. The second-order valence-electron chi connectivity index (χ2n) is 6.14. The summed E-state index contributed by atoms with van der Waals surface area (Å²) >= 11 is 0. The van der Waals surface area contributed by atoms with Crippen molar-refractivity contribution in [3.8, 4) is 0 Å². The summed E-state index contributed by atoms with van der Waals surface area (Å²) in [5.74, 6) is -0.290. The summed E-state index contributed by atoms with van der Waals surface area (Å²) in [6.07, 6.45) is 0. The SMILES string of the molecule is CCN(c1ccc(NC(=O)c2ccc([N+](=O)[O-])c(C)c2)cc1)C(C)C. The first-order valence-electron chi connectivity index (χ1n) is 8.26. The first-order valence-corrected chi connectivity index (χ1v) is 8.26. The van der Waals surface area contributed by atoms with Gasteiger partial charge in [0.2, 0.25) is 0 Å². The normalized spacial score (nSPS) is 10.6. The lowest BCUT2D eigenvalue weighted by molar-refractivity contribution is -0.385. The third-order valence-electron chi connectivity index (χ3n) is 4.08. The number of nitrogens with zero attached hydrogens (tertiary/aromatic N) is 2. The van der Waals surface area contributed by atoms with Crippen LogP contribution < -0.4 is 10.2 Å². The Labute approximate surface area is 147 Å². The number of nitro groups is 1. The molecular formula is C19H23N3O3. The lowest BCUT2D eigenvalue weighted by Gasteiger charge is -2.27. The lowest BCUT2D eigenvalue weighted by atomic mass is 10.1. The van der Waals surface area contributed by atoms with Gasteiger partial charge in [-0.25, -0.2) is 0 Å². The van der Waals surface area contributed by atoms with Gasteiger partial charge < -0.3 is 10.2 Å². The van der Waals surface area contributed by atoms with E-state index in [2.05, 4.69) is 31.0 Å². The minimum absolute atomic E-state index is 0.00856. The van der Waals surface area contributed by atoms with E-state index in [9.17, 15) is 14.9 Å². The average molecular weight is 341 g/mol. The zero-order chi connectivity index (χ0) is 18.6. The number of nitrogens with one attached hydrogen (secondary N) is 1. The number of carbonyl (C=O) groups is 1. The Morgan fingerprint density at radius 2 is 1.84 bits per heavy atom. The highest BCUT2D eigenvalue weighted by Gasteiger charge is 2.14. The van der Waals surface area contributed by atoms with Crippen LogP contribution in [0.4, 0.5) is 17.1 Å². The lowest BCUT2D eigenvalue weighted by Crippen LogP contribution is -2.30. The smallest absolute Gasteiger partial charge is 0.272 e. The molecule has 0 heterocycles. The molecule has 0 atom stereocenters. The molecule has 0 saturated heterocycles. The fraction of sp³-hybridized carbons (Fsp3) is 0.316. The molecule has 0 bridgehead atoms. The number of amides is 1. The number of anilines is 2. The van der Waals surface area contributed by atoms with Crippen molar-refractivity contribution < 1.29 is 9.72 Å². The molecule has 132 valence electrons. The molecule has 6 nitrogen and oxygen atoms in total. The van der Waals surface area contributed by atoms with Gasteiger partial charge >= 0.3 is 0 Å². The van der Waals surface area contributed by atoms with Crippen molar-refractivity contribution in [3.05, 3.63) is 63.7 Å². The standard InChI is InChI=1S/C19H23N3O3/c1-5-21(13(2)3)17-9-7-16(8-10-17)20-19(23)15-6-11-18(22(24)25)14(4)12-15/h6-13H,5H2,1-4H3,(H,20,23). The summed E-state index contributed by atoms with van der Waals surface area (Å²) in [4.78, 5) is 25.0. The second kappa shape index (κ2) is 7.79. The maximum Gasteiger partial charge on any atom is 0.272 e. The minimum Gasteiger partial charge on any atom is -0.369 e. The fourth-order valence-electron chi connectivity index (χ4n) is 2.79. The summed E-state index contributed by atoms with van der Waals surface area (Å²) in [5, 5.41) is 13.7. The molecule has 0 aliphatic heterocycles. The van der Waals surface area contributed by atoms with Crippen LogP contribution in [0.2, 0.25) is 0 Å². The van der Waals surface area contributed by atoms with Gasteiger partial charge in [0, 0.05) is 41.2 Å². The zero-order valence-electron chi connectivity index (χ0n) is 14.9. The van der Waals surface area contributed by atoms with Gasteiger partial charge in [0.05, 0.1) is 4.92 Å². The second-order valence-corrected chi connectivity index (χ2v) is 6.14. The molecule has 2 aromatic carbocycles. The molecule has 0 spiro atoms. The van der Waals surface area contributed by atoms with Crippen molar-refractivity contribution >= 4 is 23.0 Å². The van der Waals surface area contributed by atoms with Gasteiger partial charge in [0.25, 0.3) is 11.6 Å². The Kier molecular flexibility index (Phi) is 5.75. The molecular weight excluding hydrogens is 318 g/mol. The molecule has 0 aliphatic rings. The number of hydrogen-bond donors (Lipinski definition) is 1. The summed E-state index contributed by atoms with van der Waals surface area (Å²) in [6.45, 7) is 8.90. The number of benzene rings is 2. The van der Waals surface area contributed by atoms with Crippen LogP contribution in [-0.2, 0) is 0 Å². The average Bonchev–Trinajstić information content (AvgIpc) is 2.56. The molecule has 0 saturated carbocycles. The largest absolute Gasteiger partial charge is 0.369 e. The van der Waals surface area contributed by atoms with E-state index in [0.717, 1.165) is 12.2 Å².